The van der Waals surface area contributed by atoms with Crippen LogP contribution in [0.2, 0.25) is 0 Å². The van der Waals surface area contributed by atoms with Crippen LogP contribution in [0.25, 0.3) is 0 Å². The van der Waals surface area contributed by atoms with E-state index in [0.29, 0.717) is 22.6 Å². The molecule has 0 aliphatic rings. The monoisotopic (exact) mass is 491 g/mol. The molecule has 2 rings (SSSR count). The quantitative estimate of drug-likeness (QED) is 0.403. The fraction of sp³-hybridized carbons (Fsp3) is 0.321. The van der Waals surface area contributed by atoms with Gasteiger partial charge in [-0.3, -0.25) is 9.59 Å². The van der Waals surface area contributed by atoms with E-state index in [2.05, 4.69) is 23.1 Å². The Bertz CT molecular complexity index is 1130. The molecule has 2 N–H and O–H groups in total. The Balaban J connectivity index is 2.45. The Kier molecular flexibility index (Phi) is 9.68. The number of hydrogen-bond donors (Lipinski definition) is 2. The third-order valence-corrected chi connectivity index (χ3v) is 5.04. The van der Waals surface area contributed by atoms with Crippen LogP contribution < -0.4 is 15.4 Å². The van der Waals surface area contributed by atoms with Gasteiger partial charge in [0.1, 0.15) is 23.4 Å². The molecule has 36 heavy (non-hydrogen) atoms. The first-order valence-electron chi connectivity index (χ1n) is 11.4. The zero-order chi connectivity index (χ0) is 26.9. The van der Waals surface area contributed by atoms with E-state index in [-0.39, 0.29) is 6.54 Å². The van der Waals surface area contributed by atoms with Crippen LogP contribution in [0.4, 0.5) is 10.5 Å². The summed E-state index contributed by atoms with van der Waals surface area (Å²) in [5, 5.41) is 5.38. The fourth-order valence-electron chi connectivity index (χ4n) is 3.46. The number of methoxy groups -OCH3 is 1. The Hall–Kier alpha value is -4.25. The molecule has 0 aliphatic heterocycles. The second-order valence-electron chi connectivity index (χ2n) is 9.00. The second kappa shape index (κ2) is 12.5. The molecule has 0 aromatic heterocycles. The third kappa shape index (κ3) is 7.64. The molecule has 0 saturated carbocycles. The van der Waals surface area contributed by atoms with Gasteiger partial charge in [0, 0.05) is 17.8 Å². The SMILES string of the molecule is C#Cc1ccccc1C(C(=O)Nc1ccc(OC)cc1)N(CC=C)C(=O)C(C)NC(=O)OC(C)(C)C. The second-order valence-corrected chi connectivity index (χ2v) is 9.00. The van der Waals surface area contributed by atoms with E-state index in [4.69, 9.17) is 15.9 Å². The molecule has 8 nitrogen and oxygen atoms in total. The fourth-order valence-corrected chi connectivity index (χ4v) is 3.46. The predicted molar refractivity (Wildman–Crippen MR) is 139 cm³/mol. The number of rotatable bonds is 9. The van der Waals surface area contributed by atoms with Crippen molar-refractivity contribution in [3.8, 4) is 18.1 Å². The number of anilines is 1. The van der Waals surface area contributed by atoms with Crippen molar-refractivity contribution < 1.29 is 23.9 Å². The number of nitrogens with one attached hydrogen (secondary N) is 2. The summed E-state index contributed by atoms with van der Waals surface area (Å²) in [4.78, 5) is 40.8. The summed E-state index contributed by atoms with van der Waals surface area (Å²) in [5.41, 5.74) is 0.697. The molecule has 0 saturated heterocycles. The molecule has 2 aromatic carbocycles. The van der Waals surface area contributed by atoms with Crippen molar-refractivity contribution in [2.75, 3.05) is 19.0 Å². The highest BCUT2D eigenvalue weighted by Gasteiger charge is 2.35. The maximum absolute atomic E-state index is 13.6. The van der Waals surface area contributed by atoms with Crippen LogP contribution in [0, 0.1) is 12.3 Å². The Labute approximate surface area is 212 Å². The molecule has 0 spiro atoms. The third-order valence-electron chi connectivity index (χ3n) is 5.04. The van der Waals surface area contributed by atoms with E-state index in [1.807, 2.05) is 0 Å². The van der Waals surface area contributed by atoms with Gasteiger partial charge in [-0.25, -0.2) is 4.79 Å². The molecule has 2 atom stereocenters. The van der Waals surface area contributed by atoms with Gasteiger partial charge in [-0.1, -0.05) is 30.2 Å². The lowest BCUT2D eigenvalue weighted by atomic mass is 9.97. The van der Waals surface area contributed by atoms with Gasteiger partial charge in [0.15, 0.2) is 0 Å². The zero-order valence-corrected chi connectivity index (χ0v) is 21.3. The molecule has 0 bridgehead atoms. The molecule has 190 valence electrons. The summed E-state index contributed by atoms with van der Waals surface area (Å²) in [6, 6.07) is 11.6. The van der Waals surface area contributed by atoms with Crippen LogP contribution in [0.15, 0.2) is 61.2 Å². The average molecular weight is 492 g/mol. The molecular weight excluding hydrogens is 458 g/mol. The van der Waals surface area contributed by atoms with Gasteiger partial charge in [-0.15, -0.1) is 13.0 Å². The molecule has 0 heterocycles. The predicted octanol–water partition coefficient (Wildman–Crippen LogP) is 4.28. The Morgan fingerprint density at radius 1 is 1.14 bits per heavy atom. The highest BCUT2D eigenvalue weighted by Crippen LogP contribution is 2.27. The van der Waals surface area contributed by atoms with Crippen molar-refractivity contribution in [2.24, 2.45) is 0 Å². The lowest BCUT2D eigenvalue weighted by Gasteiger charge is -2.33. The number of alkyl carbamates (subject to hydrolysis) is 1. The summed E-state index contributed by atoms with van der Waals surface area (Å²) in [5.74, 6) is 2.22. The van der Waals surface area contributed by atoms with Crippen LogP contribution in [-0.2, 0) is 14.3 Å². The van der Waals surface area contributed by atoms with Crippen LogP contribution in [0.1, 0.15) is 44.9 Å². The van der Waals surface area contributed by atoms with Gasteiger partial charge in [-0.05, 0) is 63.6 Å². The zero-order valence-electron chi connectivity index (χ0n) is 21.3. The number of amides is 3. The van der Waals surface area contributed by atoms with Crippen molar-refractivity contribution in [3.63, 3.8) is 0 Å². The number of nitrogens with zero attached hydrogens (tertiary/aromatic N) is 1. The summed E-state index contributed by atoms with van der Waals surface area (Å²) < 4.78 is 10.4. The smallest absolute Gasteiger partial charge is 0.408 e. The van der Waals surface area contributed by atoms with Gasteiger partial charge >= 0.3 is 6.09 Å². The highest BCUT2D eigenvalue weighted by molar-refractivity contribution is 5.99. The Morgan fingerprint density at radius 3 is 2.33 bits per heavy atom. The molecule has 0 fully saturated rings. The van der Waals surface area contributed by atoms with Gasteiger partial charge in [0.25, 0.3) is 5.91 Å². The van der Waals surface area contributed by atoms with Crippen molar-refractivity contribution in [2.45, 2.75) is 45.4 Å². The molecule has 2 aromatic rings. The maximum atomic E-state index is 13.6. The van der Waals surface area contributed by atoms with Crippen molar-refractivity contribution in [3.05, 3.63) is 72.3 Å². The summed E-state index contributed by atoms with van der Waals surface area (Å²) >= 11 is 0. The van der Waals surface area contributed by atoms with Crippen LogP contribution in [0.5, 0.6) is 5.75 Å². The van der Waals surface area contributed by atoms with Crippen molar-refractivity contribution in [1.82, 2.24) is 10.2 Å². The number of benzene rings is 2. The molecule has 2 unspecified atom stereocenters. The van der Waals surface area contributed by atoms with E-state index < -0.39 is 35.6 Å². The largest absolute Gasteiger partial charge is 0.497 e. The van der Waals surface area contributed by atoms with E-state index >= 15 is 0 Å². The number of terminal acetylenes is 1. The number of hydrogen-bond acceptors (Lipinski definition) is 5. The van der Waals surface area contributed by atoms with E-state index in [1.165, 1.54) is 17.9 Å². The van der Waals surface area contributed by atoms with E-state index in [0.717, 1.165) is 0 Å². The van der Waals surface area contributed by atoms with Gasteiger partial charge < -0.3 is 25.0 Å². The number of carbonyl (C=O) groups excluding carboxylic acids is 3. The first-order chi connectivity index (χ1) is 17.0. The minimum atomic E-state index is -1.10. The normalized spacial score (nSPS) is 12.3. The van der Waals surface area contributed by atoms with Crippen molar-refractivity contribution in [1.29, 1.82) is 0 Å². The van der Waals surface area contributed by atoms with Gasteiger partial charge in [0.2, 0.25) is 5.91 Å². The summed E-state index contributed by atoms with van der Waals surface area (Å²) in [6.07, 6.45) is 6.47. The lowest BCUT2D eigenvalue weighted by molar-refractivity contribution is -0.139. The minimum absolute atomic E-state index is 0.0266. The van der Waals surface area contributed by atoms with Crippen LogP contribution in [-0.4, -0.2) is 48.1 Å². The molecule has 0 radical (unpaired) electrons. The first kappa shape index (κ1) is 28.0. The topological polar surface area (TPSA) is 97.0 Å². The Morgan fingerprint density at radius 2 is 1.78 bits per heavy atom. The first-order valence-corrected chi connectivity index (χ1v) is 11.4. The van der Waals surface area contributed by atoms with Gasteiger partial charge in [0.05, 0.1) is 7.11 Å². The van der Waals surface area contributed by atoms with Crippen molar-refractivity contribution >= 4 is 23.6 Å². The van der Waals surface area contributed by atoms with Crippen LogP contribution in [0.3, 0.4) is 0 Å². The molecule has 3 amide bonds. The lowest BCUT2D eigenvalue weighted by Crippen LogP contribution is -2.51. The van der Waals surface area contributed by atoms with E-state index in [1.54, 1.807) is 76.4 Å². The summed E-state index contributed by atoms with van der Waals surface area (Å²) in [7, 11) is 1.55. The number of ether oxygens (including phenoxy) is 2. The van der Waals surface area contributed by atoms with E-state index in [9.17, 15) is 14.4 Å². The van der Waals surface area contributed by atoms with Crippen LogP contribution >= 0.6 is 0 Å². The molecule has 8 heteroatoms. The van der Waals surface area contributed by atoms with Gasteiger partial charge in [-0.2, -0.15) is 0 Å². The molecular formula is C28H33N3O5. The highest BCUT2D eigenvalue weighted by atomic mass is 16.6. The number of carbonyl (C=O) groups is 3. The average Bonchev–Trinajstić information content (AvgIpc) is 2.82. The maximum Gasteiger partial charge on any atom is 0.408 e. The minimum Gasteiger partial charge on any atom is -0.497 e. The standard InChI is InChI=1S/C28H33N3O5/c1-8-18-31(26(33)19(3)29-27(34)36-28(4,5)6)24(23-13-11-10-12-20(23)9-2)25(32)30-21-14-16-22(35-7)17-15-21/h2,8,10-17,19,24H,1,18H2,3-7H3,(H,29,34)(H,30,32). The molecule has 0 aliphatic carbocycles. The summed E-state index contributed by atoms with van der Waals surface area (Å²) in [6.45, 7) is 10.5.